The third-order valence-electron chi connectivity index (χ3n) is 4.52. The van der Waals surface area contributed by atoms with Crippen molar-refractivity contribution in [3.63, 3.8) is 0 Å². The summed E-state index contributed by atoms with van der Waals surface area (Å²) in [5, 5.41) is 17.9. The predicted octanol–water partition coefficient (Wildman–Crippen LogP) is -3.30. The van der Waals surface area contributed by atoms with E-state index in [0.29, 0.717) is 11.5 Å². The van der Waals surface area contributed by atoms with Crippen molar-refractivity contribution in [3.8, 4) is 11.5 Å². The van der Waals surface area contributed by atoms with Gasteiger partial charge in [0.25, 0.3) is 0 Å². The van der Waals surface area contributed by atoms with E-state index >= 15 is 0 Å². The minimum Gasteiger partial charge on any atom is -0.744 e. The molecule has 12 nitrogen and oxygen atoms in total. The first kappa shape index (κ1) is 32.7. The third kappa shape index (κ3) is 6.93. The molecule has 0 aromatic heterocycles. The van der Waals surface area contributed by atoms with Crippen LogP contribution in [0, 0.1) is 0 Å². The number of hydrogen-bond donors (Lipinski definition) is 1. The van der Waals surface area contributed by atoms with E-state index in [4.69, 9.17) is 4.74 Å². The van der Waals surface area contributed by atoms with E-state index in [1.165, 1.54) is 19.2 Å². The molecule has 0 saturated carbocycles. The summed E-state index contributed by atoms with van der Waals surface area (Å²) in [6, 6.07) is 6.82. The Balaban J connectivity index is 0.00000324. The molecule has 3 aromatic rings. The number of hydrogen-bond acceptors (Lipinski definition) is 12. The fraction of sp³-hybridized carbons (Fsp3) is 0.0526. The Hall–Kier alpha value is -1.37. The van der Waals surface area contributed by atoms with Crippen molar-refractivity contribution in [2.45, 2.75) is 14.7 Å². The van der Waals surface area contributed by atoms with Gasteiger partial charge in [0.15, 0.2) is 9.84 Å². The van der Waals surface area contributed by atoms with Crippen molar-refractivity contribution in [2.24, 2.45) is 10.2 Å². The Morgan fingerprint density at radius 2 is 1.53 bits per heavy atom. The van der Waals surface area contributed by atoms with Gasteiger partial charge in [-0.1, -0.05) is 12.6 Å². The van der Waals surface area contributed by atoms with E-state index in [-0.39, 0.29) is 80.8 Å². The van der Waals surface area contributed by atoms with Crippen molar-refractivity contribution < 1.29 is 103 Å². The number of fused-ring (bicyclic) bond motifs is 1. The summed E-state index contributed by atoms with van der Waals surface area (Å²) in [5.74, 6) is -0.587. The number of aromatic hydroxyl groups is 1. The number of benzene rings is 3. The number of rotatable bonds is 7. The van der Waals surface area contributed by atoms with Gasteiger partial charge in [0.05, 0.1) is 21.8 Å². The molecule has 17 heteroatoms. The second-order valence-electron chi connectivity index (χ2n) is 6.61. The van der Waals surface area contributed by atoms with Gasteiger partial charge in [-0.15, -0.1) is 10.2 Å². The number of ether oxygens (including phenoxy) is 1. The first-order valence-corrected chi connectivity index (χ1v) is 13.2. The Kier molecular flexibility index (Phi) is 10.9. The van der Waals surface area contributed by atoms with Gasteiger partial charge in [-0.05, 0) is 41.8 Å². The van der Waals surface area contributed by atoms with E-state index in [0.717, 1.165) is 24.3 Å². The first-order valence-electron chi connectivity index (χ1n) is 8.88. The van der Waals surface area contributed by atoms with Crippen LogP contribution in [0.25, 0.3) is 10.8 Å². The Morgan fingerprint density at radius 3 is 2.06 bits per heavy atom. The van der Waals surface area contributed by atoms with Gasteiger partial charge in [0.1, 0.15) is 43.1 Å². The van der Waals surface area contributed by atoms with Gasteiger partial charge in [0.2, 0.25) is 0 Å². The van der Waals surface area contributed by atoms with Crippen LogP contribution in [0.15, 0.2) is 79.4 Å². The number of azo groups is 1. The molecule has 0 aliphatic rings. The zero-order chi connectivity index (χ0) is 25.5. The number of sulfone groups is 1. The average Bonchev–Trinajstić information content (AvgIpc) is 2.76. The molecule has 0 heterocycles. The molecule has 3 rings (SSSR count). The molecule has 0 fully saturated rings. The maximum Gasteiger partial charge on any atom is 1.00 e. The Labute approximate surface area is 251 Å². The van der Waals surface area contributed by atoms with E-state index in [2.05, 4.69) is 16.8 Å². The van der Waals surface area contributed by atoms with Crippen LogP contribution in [-0.2, 0) is 30.1 Å². The normalized spacial score (nSPS) is 12.1. The van der Waals surface area contributed by atoms with E-state index in [9.17, 15) is 39.5 Å². The van der Waals surface area contributed by atoms with Gasteiger partial charge in [-0.25, -0.2) is 25.3 Å². The van der Waals surface area contributed by atoms with E-state index in [1.54, 1.807) is 0 Å². The van der Waals surface area contributed by atoms with Crippen LogP contribution in [0.3, 0.4) is 0 Å². The van der Waals surface area contributed by atoms with Crippen molar-refractivity contribution in [1.29, 1.82) is 0 Å². The minimum absolute atomic E-state index is 0. The van der Waals surface area contributed by atoms with Crippen LogP contribution in [0.5, 0.6) is 11.5 Å². The predicted molar refractivity (Wildman–Crippen MR) is 116 cm³/mol. The van der Waals surface area contributed by atoms with Crippen LogP contribution < -0.4 is 63.9 Å². The molecule has 0 aliphatic carbocycles. The van der Waals surface area contributed by atoms with Crippen molar-refractivity contribution in [2.75, 3.05) is 7.11 Å². The second kappa shape index (κ2) is 12.0. The largest absolute Gasteiger partial charge is 1.00 e. The van der Waals surface area contributed by atoms with Crippen LogP contribution in [0.1, 0.15) is 0 Å². The summed E-state index contributed by atoms with van der Waals surface area (Å²) < 4.78 is 99.0. The molecule has 3 aromatic carbocycles. The minimum atomic E-state index is -5.36. The molecule has 0 atom stereocenters. The topological polar surface area (TPSA) is 203 Å². The van der Waals surface area contributed by atoms with Crippen molar-refractivity contribution in [1.82, 2.24) is 0 Å². The quantitative estimate of drug-likeness (QED) is 0.170. The molecular weight excluding hydrogens is 558 g/mol. The average molecular weight is 573 g/mol. The second-order valence-corrected chi connectivity index (χ2v) is 11.2. The van der Waals surface area contributed by atoms with E-state index < -0.39 is 56.7 Å². The molecule has 1 N–H and O–H groups in total. The Bertz CT molecular complexity index is 1690. The maximum atomic E-state index is 12.1. The molecule has 0 bridgehead atoms. The summed E-state index contributed by atoms with van der Waals surface area (Å²) in [6.07, 6.45) is 0. The van der Waals surface area contributed by atoms with Gasteiger partial charge in [-0.2, -0.15) is 0 Å². The van der Waals surface area contributed by atoms with Gasteiger partial charge < -0.3 is 18.9 Å². The Morgan fingerprint density at radius 1 is 0.889 bits per heavy atom. The molecule has 0 spiro atoms. The van der Waals surface area contributed by atoms with Crippen LogP contribution in [-0.4, -0.2) is 46.6 Å². The third-order valence-corrected chi connectivity index (χ3v) is 7.54. The number of phenols is 1. The van der Waals surface area contributed by atoms with Gasteiger partial charge in [-0.3, -0.25) is 0 Å². The van der Waals surface area contributed by atoms with Crippen LogP contribution in [0.2, 0.25) is 0 Å². The number of phenolic OH excluding ortho intramolecular Hbond substituents is 1. The summed E-state index contributed by atoms with van der Waals surface area (Å²) in [5.41, 5.74) is -0.701. The van der Waals surface area contributed by atoms with Gasteiger partial charge >= 0.3 is 59.1 Å². The molecule has 0 aliphatic heterocycles. The molecule has 0 saturated heterocycles. The number of nitrogens with zero attached hydrogens (tertiary/aromatic N) is 2. The number of methoxy groups -OCH3 is 1. The maximum absolute atomic E-state index is 12.1. The first-order chi connectivity index (χ1) is 15.7. The molecule has 0 amide bonds. The fourth-order valence-electron chi connectivity index (χ4n) is 2.94. The SMILES string of the molecule is C=CS(=O)(=O)c1ccc(OC)c(N=Nc2c(O)ccc3cc(S(=O)(=O)[O-])cc(S(=O)(=O)[O-])c23)c1.[Na+].[Na+]. The zero-order valence-corrected chi connectivity index (χ0v) is 25.5. The monoisotopic (exact) mass is 572 g/mol. The van der Waals surface area contributed by atoms with Gasteiger partial charge in [0, 0.05) is 10.8 Å². The van der Waals surface area contributed by atoms with E-state index in [1.807, 2.05) is 0 Å². The summed E-state index contributed by atoms with van der Waals surface area (Å²) >= 11 is 0. The summed E-state index contributed by atoms with van der Waals surface area (Å²) in [6.45, 7) is 3.22. The summed E-state index contributed by atoms with van der Waals surface area (Å²) in [7, 11) is -13.1. The standard InChI is InChI=1S/C19H16N2O10S3.2Na/c1-3-32(23,24)12-5-7-16(31-2)14(9-12)20-21-19-15(22)6-4-11-8-13(33(25,26)27)10-17(18(11)19)34(28,29)30;;/h3-10,22H,1H2,2H3,(H,25,26,27)(H,28,29,30);;/q;2*+1/p-2. The van der Waals surface area contributed by atoms with Crippen molar-refractivity contribution in [3.05, 3.63) is 54.5 Å². The fourth-order valence-corrected chi connectivity index (χ4v) is 5.01. The molecule has 36 heavy (non-hydrogen) atoms. The van der Waals surface area contributed by atoms with Crippen molar-refractivity contribution >= 4 is 52.2 Å². The molecule has 180 valence electrons. The smallest absolute Gasteiger partial charge is 0.744 e. The van der Waals surface area contributed by atoms with Crippen LogP contribution in [0.4, 0.5) is 11.4 Å². The zero-order valence-electron chi connectivity index (χ0n) is 19.1. The summed E-state index contributed by atoms with van der Waals surface area (Å²) in [4.78, 5) is -2.32. The molecular formula is C19H14N2Na2O10S3. The molecule has 0 unspecified atom stereocenters. The molecule has 0 radical (unpaired) electrons. The van der Waals surface area contributed by atoms with Crippen LogP contribution >= 0.6 is 0 Å².